The summed E-state index contributed by atoms with van der Waals surface area (Å²) in [4.78, 5) is 26.4. The van der Waals surface area contributed by atoms with E-state index in [0.717, 1.165) is 42.8 Å². The first-order valence-electron chi connectivity index (χ1n) is 11.0. The number of carbonyl (C=O) groups excluding carboxylic acids is 1. The van der Waals surface area contributed by atoms with Crippen molar-refractivity contribution in [3.8, 4) is 5.75 Å². The van der Waals surface area contributed by atoms with Crippen LogP contribution in [0, 0.1) is 10.1 Å². The van der Waals surface area contributed by atoms with Gasteiger partial charge in [0.05, 0.1) is 17.6 Å². The van der Waals surface area contributed by atoms with Gasteiger partial charge in [-0.3, -0.25) is 14.9 Å². The van der Waals surface area contributed by atoms with Gasteiger partial charge < -0.3 is 14.2 Å². The SMILES string of the molecule is CCCCOc1ccc(C(=O)N2CCCn3cccc3C2c2cccc([N+](=O)[O-])c2)cc1. The molecule has 0 saturated heterocycles. The summed E-state index contributed by atoms with van der Waals surface area (Å²) in [6.07, 6.45) is 4.85. The third-order valence-corrected chi connectivity index (χ3v) is 5.78. The molecule has 1 aliphatic heterocycles. The van der Waals surface area contributed by atoms with E-state index >= 15 is 0 Å². The van der Waals surface area contributed by atoms with Crippen molar-refractivity contribution in [2.45, 2.75) is 38.8 Å². The molecule has 0 bridgehead atoms. The van der Waals surface area contributed by atoms with Crippen LogP contribution in [0.25, 0.3) is 0 Å². The number of aromatic nitrogens is 1. The lowest BCUT2D eigenvalue weighted by molar-refractivity contribution is -0.384. The molecule has 0 N–H and O–H groups in total. The zero-order chi connectivity index (χ0) is 22.5. The summed E-state index contributed by atoms with van der Waals surface area (Å²) in [6, 6.07) is 17.3. The molecule has 0 fully saturated rings. The Morgan fingerprint density at radius 3 is 2.69 bits per heavy atom. The van der Waals surface area contributed by atoms with Crippen LogP contribution in [-0.4, -0.2) is 33.4 Å². The van der Waals surface area contributed by atoms with Gasteiger partial charge in [-0.15, -0.1) is 0 Å². The van der Waals surface area contributed by atoms with Crippen LogP contribution in [0.1, 0.15) is 53.8 Å². The maximum atomic E-state index is 13.6. The van der Waals surface area contributed by atoms with E-state index in [-0.39, 0.29) is 11.6 Å². The quantitative estimate of drug-likeness (QED) is 0.291. The third kappa shape index (κ3) is 4.51. The lowest BCUT2D eigenvalue weighted by Crippen LogP contribution is -2.35. The van der Waals surface area contributed by atoms with Crippen molar-refractivity contribution < 1.29 is 14.5 Å². The van der Waals surface area contributed by atoms with Crippen LogP contribution < -0.4 is 4.74 Å². The fourth-order valence-electron chi connectivity index (χ4n) is 4.15. The summed E-state index contributed by atoms with van der Waals surface area (Å²) < 4.78 is 7.84. The molecule has 1 amide bonds. The number of hydrogen-bond donors (Lipinski definition) is 0. The number of unbranched alkanes of at least 4 members (excludes halogenated alkanes) is 1. The van der Waals surface area contributed by atoms with E-state index in [1.165, 1.54) is 6.07 Å². The summed E-state index contributed by atoms with van der Waals surface area (Å²) in [5.74, 6) is 0.645. The van der Waals surface area contributed by atoms with E-state index in [9.17, 15) is 14.9 Å². The van der Waals surface area contributed by atoms with Crippen molar-refractivity contribution >= 4 is 11.6 Å². The molecule has 0 radical (unpaired) electrons. The van der Waals surface area contributed by atoms with Crippen LogP contribution >= 0.6 is 0 Å². The Bertz CT molecular complexity index is 1090. The summed E-state index contributed by atoms with van der Waals surface area (Å²) >= 11 is 0. The molecule has 0 aliphatic carbocycles. The Hall–Kier alpha value is -3.61. The molecule has 4 rings (SSSR count). The maximum absolute atomic E-state index is 13.6. The molecule has 7 heteroatoms. The fourth-order valence-corrected chi connectivity index (χ4v) is 4.15. The molecule has 2 aromatic carbocycles. The van der Waals surface area contributed by atoms with Gasteiger partial charge in [0.25, 0.3) is 11.6 Å². The van der Waals surface area contributed by atoms with E-state index in [1.54, 1.807) is 24.3 Å². The highest BCUT2D eigenvalue weighted by atomic mass is 16.6. The summed E-state index contributed by atoms with van der Waals surface area (Å²) in [5.41, 5.74) is 2.28. The highest BCUT2D eigenvalue weighted by Gasteiger charge is 2.32. The van der Waals surface area contributed by atoms with Gasteiger partial charge in [0, 0.05) is 42.7 Å². The van der Waals surface area contributed by atoms with E-state index < -0.39 is 11.0 Å². The van der Waals surface area contributed by atoms with Gasteiger partial charge in [0.15, 0.2) is 0 Å². The van der Waals surface area contributed by atoms with Crippen molar-refractivity contribution in [2.75, 3.05) is 13.2 Å². The Labute approximate surface area is 187 Å². The molecule has 1 aliphatic rings. The Morgan fingerprint density at radius 1 is 1.12 bits per heavy atom. The topological polar surface area (TPSA) is 77.6 Å². The Morgan fingerprint density at radius 2 is 1.94 bits per heavy atom. The lowest BCUT2D eigenvalue weighted by atomic mass is 10.00. The van der Waals surface area contributed by atoms with Gasteiger partial charge in [-0.05, 0) is 54.8 Å². The number of ether oxygens (including phenoxy) is 1. The molecule has 2 heterocycles. The average molecular weight is 434 g/mol. The molecule has 166 valence electrons. The summed E-state index contributed by atoms with van der Waals surface area (Å²) in [6.45, 7) is 4.12. The molecule has 1 atom stereocenters. The van der Waals surface area contributed by atoms with E-state index in [1.807, 2.05) is 41.4 Å². The number of non-ortho nitro benzene ring substituents is 1. The molecule has 3 aromatic rings. The van der Waals surface area contributed by atoms with Gasteiger partial charge in [0.1, 0.15) is 5.75 Å². The van der Waals surface area contributed by atoms with E-state index in [2.05, 4.69) is 11.5 Å². The van der Waals surface area contributed by atoms with Crippen LogP contribution in [0.2, 0.25) is 0 Å². The van der Waals surface area contributed by atoms with E-state index in [4.69, 9.17) is 4.74 Å². The number of rotatable bonds is 7. The van der Waals surface area contributed by atoms with Crippen molar-refractivity contribution in [2.24, 2.45) is 0 Å². The molecule has 32 heavy (non-hydrogen) atoms. The maximum Gasteiger partial charge on any atom is 0.269 e. The fraction of sp³-hybridized carbons (Fsp3) is 0.320. The number of carbonyl (C=O) groups is 1. The van der Waals surface area contributed by atoms with Crippen molar-refractivity contribution in [1.29, 1.82) is 0 Å². The van der Waals surface area contributed by atoms with E-state index in [0.29, 0.717) is 18.7 Å². The largest absolute Gasteiger partial charge is 0.494 e. The Balaban J connectivity index is 1.67. The lowest BCUT2D eigenvalue weighted by Gasteiger charge is -2.31. The molecule has 0 spiro atoms. The molecular formula is C25H27N3O4. The number of amides is 1. The second kappa shape index (κ2) is 9.68. The van der Waals surface area contributed by atoms with Gasteiger partial charge in [0.2, 0.25) is 0 Å². The Kier molecular flexibility index (Phi) is 6.54. The second-order valence-corrected chi connectivity index (χ2v) is 7.96. The highest BCUT2D eigenvalue weighted by molar-refractivity contribution is 5.95. The van der Waals surface area contributed by atoms with Crippen LogP contribution in [0.4, 0.5) is 5.69 Å². The molecule has 1 unspecified atom stereocenters. The first-order chi connectivity index (χ1) is 15.6. The molecule has 7 nitrogen and oxygen atoms in total. The minimum absolute atomic E-state index is 0.0193. The molecule has 1 aromatic heterocycles. The van der Waals surface area contributed by atoms with Crippen molar-refractivity contribution in [3.05, 3.63) is 93.8 Å². The number of aryl methyl sites for hydroxylation is 1. The predicted molar refractivity (Wildman–Crippen MR) is 122 cm³/mol. The van der Waals surface area contributed by atoms with Crippen molar-refractivity contribution in [3.63, 3.8) is 0 Å². The van der Waals surface area contributed by atoms with Gasteiger partial charge in [-0.25, -0.2) is 0 Å². The first-order valence-corrected chi connectivity index (χ1v) is 11.0. The van der Waals surface area contributed by atoms with Gasteiger partial charge in [-0.2, -0.15) is 0 Å². The summed E-state index contributed by atoms with van der Waals surface area (Å²) in [5, 5.41) is 11.4. The number of hydrogen-bond acceptors (Lipinski definition) is 4. The second-order valence-electron chi connectivity index (χ2n) is 7.96. The van der Waals surface area contributed by atoms with Crippen LogP contribution in [0.3, 0.4) is 0 Å². The van der Waals surface area contributed by atoms with Crippen LogP contribution in [0.15, 0.2) is 66.9 Å². The zero-order valence-electron chi connectivity index (χ0n) is 18.1. The predicted octanol–water partition coefficient (Wildman–Crippen LogP) is 5.21. The molecule has 0 saturated carbocycles. The minimum Gasteiger partial charge on any atom is -0.494 e. The third-order valence-electron chi connectivity index (χ3n) is 5.78. The van der Waals surface area contributed by atoms with Gasteiger partial charge in [-0.1, -0.05) is 25.5 Å². The molecular weight excluding hydrogens is 406 g/mol. The average Bonchev–Trinajstić information content (AvgIpc) is 3.19. The van der Waals surface area contributed by atoms with Crippen LogP contribution in [0.5, 0.6) is 5.75 Å². The van der Waals surface area contributed by atoms with Gasteiger partial charge >= 0.3 is 0 Å². The normalized spacial score (nSPS) is 15.7. The number of nitro groups is 1. The highest BCUT2D eigenvalue weighted by Crippen LogP contribution is 2.34. The number of benzene rings is 2. The monoisotopic (exact) mass is 433 g/mol. The standard InChI is InChI=1S/C25H27N3O4/c1-2-3-17-32-22-12-10-19(11-13-22)25(29)27-16-6-15-26-14-5-9-23(26)24(27)20-7-4-8-21(18-20)28(30)31/h4-5,7-14,18,24H,2-3,6,15-17H2,1H3. The van der Waals surface area contributed by atoms with Crippen molar-refractivity contribution in [1.82, 2.24) is 9.47 Å². The van der Waals surface area contributed by atoms with Crippen LogP contribution in [-0.2, 0) is 6.54 Å². The number of nitro benzene ring substituents is 1. The zero-order valence-corrected chi connectivity index (χ0v) is 18.1. The number of fused-ring (bicyclic) bond motifs is 1. The number of nitrogens with zero attached hydrogens (tertiary/aromatic N) is 3. The smallest absolute Gasteiger partial charge is 0.269 e. The summed E-state index contributed by atoms with van der Waals surface area (Å²) in [7, 11) is 0. The minimum atomic E-state index is -0.402. The first kappa shape index (κ1) is 21.6.